The number of anilines is 1. The van der Waals surface area contributed by atoms with Crippen LogP contribution in [0.3, 0.4) is 0 Å². The average molecular weight is 430 g/mol. The first-order chi connectivity index (χ1) is 12.5. The van der Waals surface area contributed by atoms with Crippen molar-refractivity contribution in [2.45, 2.75) is 24.3 Å². The summed E-state index contributed by atoms with van der Waals surface area (Å²) in [5, 5.41) is 3.52. The predicted molar refractivity (Wildman–Crippen MR) is 111 cm³/mol. The van der Waals surface area contributed by atoms with Crippen LogP contribution in [0.5, 0.6) is 0 Å². The number of hydrogen-bond acceptors (Lipinski definition) is 3. The van der Waals surface area contributed by atoms with E-state index in [1.165, 1.54) is 11.8 Å². The van der Waals surface area contributed by atoms with Crippen LogP contribution in [0.1, 0.15) is 12.5 Å². The molecule has 0 saturated carbocycles. The minimum Gasteiger partial charge on any atom is -0.324 e. The fourth-order valence-corrected chi connectivity index (χ4v) is 3.99. The van der Waals surface area contributed by atoms with Crippen molar-refractivity contribution in [1.82, 2.24) is 9.55 Å². The second-order valence-corrected chi connectivity index (χ2v) is 8.25. The molecule has 0 radical (unpaired) electrons. The molecule has 1 aromatic heterocycles. The van der Waals surface area contributed by atoms with E-state index in [0.717, 1.165) is 32.1 Å². The first kappa shape index (κ1) is 18.7. The molecule has 1 heterocycles. The summed E-state index contributed by atoms with van der Waals surface area (Å²) in [5.74, 6) is -0.0520. The Hall–Kier alpha value is -2.05. The molecule has 0 aliphatic heterocycles. The molecule has 3 aromatic rings. The summed E-state index contributed by atoms with van der Waals surface area (Å²) < 4.78 is 2.90. The average Bonchev–Trinajstić information content (AvgIpc) is 2.98. The Labute approximate surface area is 166 Å². The number of amides is 1. The molecule has 26 heavy (non-hydrogen) atoms. The third-order valence-corrected chi connectivity index (χ3v) is 5.86. The molecule has 4 nitrogen and oxygen atoms in total. The highest BCUT2D eigenvalue weighted by molar-refractivity contribution is 9.10. The summed E-state index contributed by atoms with van der Waals surface area (Å²) in [7, 11) is 1.97. The number of aromatic nitrogens is 2. The number of carbonyl (C=O) groups excluding carboxylic acids is 1. The molecule has 1 unspecified atom stereocenters. The van der Waals surface area contributed by atoms with E-state index in [2.05, 4.69) is 38.4 Å². The number of hydrogen-bond donors (Lipinski definition) is 1. The molecule has 1 N–H and O–H groups in total. The van der Waals surface area contributed by atoms with Crippen LogP contribution >= 0.6 is 27.7 Å². The third kappa shape index (κ3) is 4.19. The molecule has 2 aromatic carbocycles. The number of imidazole rings is 1. The fourth-order valence-electron chi connectivity index (χ4n) is 2.55. The Morgan fingerprint density at radius 3 is 2.65 bits per heavy atom. The van der Waals surface area contributed by atoms with Crippen molar-refractivity contribution in [2.24, 2.45) is 7.05 Å². The number of nitrogens with zero attached hydrogens (tertiary/aromatic N) is 2. The number of halogens is 1. The number of carbonyl (C=O) groups is 1. The van der Waals surface area contributed by atoms with E-state index in [-0.39, 0.29) is 11.2 Å². The molecule has 0 aliphatic rings. The smallest absolute Gasteiger partial charge is 0.237 e. The normalized spacial score (nSPS) is 12.0. The monoisotopic (exact) mass is 429 g/mol. The van der Waals surface area contributed by atoms with Crippen LogP contribution in [0.4, 0.5) is 5.69 Å². The maximum absolute atomic E-state index is 12.6. The lowest BCUT2D eigenvalue weighted by Crippen LogP contribution is -2.23. The summed E-state index contributed by atoms with van der Waals surface area (Å²) in [4.78, 5) is 17.0. The first-order valence-electron chi connectivity index (χ1n) is 8.26. The second-order valence-electron chi connectivity index (χ2n) is 6.08. The molecule has 134 valence electrons. The molecule has 3 rings (SSSR count). The van der Waals surface area contributed by atoms with Gasteiger partial charge in [0.15, 0.2) is 5.16 Å². The Bertz CT molecular complexity index is 924. The highest BCUT2D eigenvalue weighted by Gasteiger charge is 2.19. The molecule has 1 atom stereocenters. The molecule has 0 saturated heterocycles. The highest BCUT2D eigenvalue weighted by atomic mass is 79.9. The highest BCUT2D eigenvalue weighted by Crippen LogP contribution is 2.29. The van der Waals surface area contributed by atoms with Crippen LogP contribution in [0, 0.1) is 6.92 Å². The summed E-state index contributed by atoms with van der Waals surface area (Å²) in [5.41, 5.74) is 4.05. The van der Waals surface area contributed by atoms with E-state index in [1.807, 2.05) is 68.1 Å². The molecular weight excluding hydrogens is 410 g/mol. The predicted octanol–water partition coefficient (Wildman–Crippen LogP) is 5.28. The molecule has 1 amide bonds. The lowest BCUT2D eigenvalue weighted by atomic mass is 10.2. The molecule has 0 fully saturated rings. The number of rotatable bonds is 5. The van der Waals surface area contributed by atoms with E-state index in [4.69, 9.17) is 0 Å². The molecule has 6 heteroatoms. The van der Waals surface area contributed by atoms with E-state index in [9.17, 15) is 4.79 Å². The Balaban J connectivity index is 1.71. The minimum atomic E-state index is -0.270. The summed E-state index contributed by atoms with van der Waals surface area (Å²) >= 11 is 4.94. The van der Waals surface area contributed by atoms with Gasteiger partial charge in [-0.3, -0.25) is 4.79 Å². The Kier molecular flexibility index (Phi) is 5.84. The van der Waals surface area contributed by atoms with Gasteiger partial charge in [0.1, 0.15) is 0 Å². The van der Waals surface area contributed by atoms with Gasteiger partial charge in [0.25, 0.3) is 0 Å². The summed E-state index contributed by atoms with van der Waals surface area (Å²) in [6.07, 6.45) is 1.85. The zero-order valence-corrected chi connectivity index (χ0v) is 17.3. The van der Waals surface area contributed by atoms with Crippen LogP contribution in [0.15, 0.2) is 64.4 Å². The van der Waals surface area contributed by atoms with Gasteiger partial charge in [-0.15, -0.1) is 0 Å². The zero-order valence-electron chi connectivity index (χ0n) is 14.9. The van der Waals surface area contributed by atoms with Crippen LogP contribution in [-0.2, 0) is 11.8 Å². The standard InChI is InChI=1S/C20H20BrN3OS/c1-13-9-10-17(16(21)11-13)23-19(25)14(2)26-20-22-12-18(24(20)3)15-7-5-4-6-8-15/h4-12,14H,1-3H3,(H,23,25). The van der Waals surface area contributed by atoms with E-state index in [0.29, 0.717) is 0 Å². The lowest BCUT2D eigenvalue weighted by Gasteiger charge is -2.13. The second kappa shape index (κ2) is 8.10. The van der Waals surface area contributed by atoms with Crippen molar-refractivity contribution in [1.29, 1.82) is 0 Å². The largest absolute Gasteiger partial charge is 0.324 e. The van der Waals surface area contributed by atoms with Crippen molar-refractivity contribution < 1.29 is 4.79 Å². The van der Waals surface area contributed by atoms with Gasteiger partial charge in [0.05, 0.1) is 22.8 Å². The van der Waals surface area contributed by atoms with Crippen LogP contribution in [0.25, 0.3) is 11.3 Å². The van der Waals surface area contributed by atoms with Crippen LogP contribution < -0.4 is 5.32 Å². The van der Waals surface area contributed by atoms with Gasteiger partial charge in [-0.05, 0) is 53.0 Å². The first-order valence-corrected chi connectivity index (χ1v) is 9.94. The van der Waals surface area contributed by atoms with Crippen LogP contribution in [-0.4, -0.2) is 20.7 Å². The summed E-state index contributed by atoms with van der Waals surface area (Å²) in [6, 6.07) is 16.0. The maximum atomic E-state index is 12.6. The number of nitrogens with one attached hydrogen (secondary N) is 1. The number of aryl methyl sites for hydroxylation is 1. The van der Waals surface area contributed by atoms with Gasteiger partial charge in [-0.2, -0.15) is 0 Å². The quantitative estimate of drug-likeness (QED) is 0.561. The van der Waals surface area contributed by atoms with Crippen molar-refractivity contribution in [3.63, 3.8) is 0 Å². The van der Waals surface area contributed by atoms with Crippen LogP contribution in [0.2, 0.25) is 0 Å². The Morgan fingerprint density at radius 1 is 1.23 bits per heavy atom. The molecular formula is C20H20BrN3OS. The molecule has 0 aliphatic carbocycles. The lowest BCUT2D eigenvalue weighted by molar-refractivity contribution is -0.115. The SMILES string of the molecule is Cc1ccc(NC(=O)C(C)Sc2ncc(-c3ccccc3)n2C)c(Br)c1. The topological polar surface area (TPSA) is 46.9 Å². The van der Waals surface area contributed by atoms with E-state index >= 15 is 0 Å². The fraction of sp³-hybridized carbons (Fsp3) is 0.200. The van der Waals surface area contributed by atoms with Gasteiger partial charge in [0.2, 0.25) is 5.91 Å². The zero-order chi connectivity index (χ0) is 18.7. The molecule has 0 spiro atoms. The summed E-state index contributed by atoms with van der Waals surface area (Å²) in [6.45, 7) is 3.90. The number of thioether (sulfide) groups is 1. The Morgan fingerprint density at radius 2 is 1.96 bits per heavy atom. The van der Waals surface area contributed by atoms with Crippen molar-refractivity contribution in [3.8, 4) is 11.3 Å². The third-order valence-electron chi connectivity index (χ3n) is 4.05. The van der Waals surface area contributed by atoms with Gasteiger partial charge < -0.3 is 9.88 Å². The van der Waals surface area contributed by atoms with Gasteiger partial charge in [-0.1, -0.05) is 48.2 Å². The van der Waals surface area contributed by atoms with Crippen molar-refractivity contribution in [3.05, 3.63) is 64.8 Å². The number of benzene rings is 2. The van der Waals surface area contributed by atoms with E-state index in [1.54, 1.807) is 0 Å². The van der Waals surface area contributed by atoms with Gasteiger partial charge in [-0.25, -0.2) is 4.98 Å². The van der Waals surface area contributed by atoms with Gasteiger partial charge >= 0.3 is 0 Å². The van der Waals surface area contributed by atoms with E-state index < -0.39 is 0 Å². The molecule has 0 bridgehead atoms. The van der Waals surface area contributed by atoms with Crippen molar-refractivity contribution in [2.75, 3.05) is 5.32 Å². The maximum Gasteiger partial charge on any atom is 0.237 e. The van der Waals surface area contributed by atoms with Crippen molar-refractivity contribution >= 4 is 39.3 Å². The minimum absolute atomic E-state index is 0.0520. The van der Waals surface area contributed by atoms with Gasteiger partial charge in [0, 0.05) is 11.5 Å².